The first-order chi connectivity index (χ1) is 16.8. The SMILES string of the molecule is COCCN1C(=O)CC[C@@]23C1=NC(C(=O)OC)=C(C(=O)OC)[C@@H]2N(CC=C(C)C)c1ccccc13. The van der Waals surface area contributed by atoms with Gasteiger partial charge >= 0.3 is 11.9 Å². The van der Waals surface area contributed by atoms with E-state index in [1.54, 1.807) is 12.0 Å². The summed E-state index contributed by atoms with van der Waals surface area (Å²) in [7, 11) is 4.09. The molecule has 1 saturated heterocycles. The van der Waals surface area contributed by atoms with Crippen LogP contribution in [0.15, 0.2) is 52.2 Å². The molecule has 186 valence electrons. The Morgan fingerprint density at radius 2 is 1.86 bits per heavy atom. The summed E-state index contributed by atoms with van der Waals surface area (Å²) in [5, 5.41) is 0. The number of hydrogen-bond donors (Lipinski definition) is 0. The van der Waals surface area contributed by atoms with Crippen molar-refractivity contribution in [1.82, 2.24) is 4.90 Å². The molecule has 9 heteroatoms. The molecule has 0 radical (unpaired) electrons. The minimum atomic E-state index is -0.825. The number of likely N-dealkylation sites (tertiary alicyclic amines) is 1. The van der Waals surface area contributed by atoms with Crippen molar-refractivity contribution in [2.75, 3.05) is 45.9 Å². The highest BCUT2D eigenvalue weighted by atomic mass is 16.5. The number of rotatable bonds is 7. The summed E-state index contributed by atoms with van der Waals surface area (Å²) in [5.41, 5.74) is 2.19. The van der Waals surface area contributed by atoms with Crippen LogP contribution in [-0.2, 0) is 34.0 Å². The summed E-state index contributed by atoms with van der Waals surface area (Å²) in [6, 6.07) is 7.30. The molecule has 0 unspecified atom stereocenters. The molecule has 0 aromatic heterocycles. The van der Waals surface area contributed by atoms with E-state index in [2.05, 4.69) is 11.0 Å². The fraction of sp³-hybridized carbons (Fsp3) is 0.462. The molecule has 0 bridgehead atoms. The topological polar surface area (TPSA) is 97.7 Å². The number of carbonyl (C=O) groups excluding carboxylic acids is 3. The first kappa shape index (κ1) is 24.7. The van der Waals surface area contributed by atoms with Gasteiger partial charge in [-0.3, -0.25) is 9.69 Å². The van der Waals surface area contributed by atoms with Crippen LogP contribution in [0.25, 0.3) is 0 Å². The third-order valence-electron chi connectivity index (χ3n) is 6.91. The van der Waals surface area contributed by atoms with E-state index in [1.165, 1.54) is 14.2 Å². The fourth-order valence-corrected chi connectivity index (χ4v) is 5.40. The number of amidine groups is 1. The molecule has 3 heterocycles. The summed E-state index contributed by atoms with van der Waals surface area (Å²) < 4.78 is 15.5. The molecule has 9 nitrogen and oxygen atoms in total. The molecule has 4 rings (SSSR count). The number of nitrogens with zero attached hydrogens (tertiary/aromatic N) is 3. The Balaban J connectivity index is 2.06. The lowest BCUT2D eigenvalue weighted by Crippen LogP contribution is -2.63. The van der Waals surface area contributed by atoms with Gasteiger partial charge in [-0.05, 0) is 31.9 Å². The van der Waals surface area contributed by atoms with Gasteiger partial charge in [0.15, 0.2) is 5.70 Å². The molecule has 3 aliphatic heterocycles. The molecule has 0 aliphatic carbocycles. The van der Waals surface area contributed by atoms with Crippen molar-refractivity contribution < 1.29 is 28.6 Å². The maximum absolute atomic E-state index is 13.3. The van der Waals surface area contributed by atoms with Crippen molar-refractivity contribution in [3.63, 3.8) is 0 Å². The van der Waals surface area contributed by atoms with Crippen LogP contribution >= 0.6 is 0 Å². The third-order valence-corrected chi connectivity index (χ3v) is 6.91. The van der Waals surface area contributed by atoms with Crippen LogP contribution < -0.4 is 4.90 Å². The minimum Gasteiger partial charge on any atom is -0.466 e. The number of fused-ring (bicyclic) bond motifs is 1. The van der Waals surface area contributed by atoms with Crippen LogP contribution in [0.4, 0.5) is 5.69 Å². The molecule has 0 N–H and O–H groups in total. The predicted molar refractivity (Wildman–Crippen MR) is 130 cm³/mol. The molecule has 1 fully saturated rings. The van der Waals surface area contributed by atoms with E-state index in [-0.39, 0.29) is 30.1 Å². The number of anilines is 1. The Hall–Kier alpha value is -3.46. The molecule has 1 aromatic rings. The monoisotopic (exact) mass is 481 g/mol. The first-order valence-electron chi connectivity index (χ1n) is 11.6. The van der Waals surface area contributed by atoms with E-state index in [0.717, 1.165) is 16.8 Å². The van der Waals surface area contributed by atoms with Gasteiger partial charge in [0.2, 0.25) is 5.91 Å². The third kappa shape index (κ3) is 3.83. The second kappa shape index (κ2) is 9.65. The number of esters is 2. The minimum absolute atomic E-state index is 0.101. The van der Waals surface area contributed by atoms with Crippen LogP contribution in [0.3, 0.4) is 0 Å². The lowest BCUT2D eigenvalue weighted by atomic mass is 9.65. The largest absolute Gasteiger partial charge is 0.466 e. The van der Waals surface area contributed by atoms with Crippen molar-refractivity contribution in [3.8, 4) is 0 Å². The maximum atomic E-state index is 13.3. The van der Waals surface area contributed by atoms with Crippen LogP contribution in [-0.4, -0.2) is 75.6 Å². The smallest absolute Gasteiger partial charge is 0.357 e. The lowest BCUT2D eigenvalue weighted by molar-refractivity contribution is -0.140. The van der Waals surface area contributed by atoms with Gasteiger partial charge < -0.3 is 19.1 Å². The van der Waals surface area contributed by atoms with Crippen LogP contribution in [0, 0.1) is 0 Å². The van der Waals surface area contributed by atoms with E-state index in [9.17, 15) is 14.4 Å². The van der Waals surface area contributed by atoms with Crippen LogP contribution in [0.2, 0.25) is 0 Å². The van der Waals surface area contributed by atoms with E-state index in [4.69, 9.17) is 19.2 Å². The Labute approximate surface area is 205 Å². The Morgan fingerprint density at radius 3 is 2.51 bits per heavy atom. The summed E-state index contributed by atoms with van der Waals surface area (Å²) in [4.78, 5) is 47.7. The number of benzene rings is 1. The van der Waals surface area contributed by atoms with E-state index in [1.807, 2.05) is 38.1 Å². The van der Waals surface area contributed by atoms with Gasteiger partial charge in [-0.15, -0.1) is 0 Å². The molecule has 1 amide bonds. The molecule has 0 saturated carbocycles. The van der Waals surface area contributed by atoms with E-state index in [0.29, 0.717) is 25.4 Å². The molecule has 2 atom stereocenters. The second-order valence-electron chi connectivity index (χ2n) is 9.04. The normalized spacial score (nSPS) is 22.7. The molecule has 3 aliphatic rings. The number of methoxy groups -OCH3 is 3. The highest BCUT2D eigenvalue weighted by molar-refractivity contribution is 6.15. The Bertz CT molecular complexity index is 1150. The zero-order chi connectivity index (χ0) is 25.3. The summed E-state index contributed by atoms with van der Waals surface area (Å²) in [6.07, 6.45) is 2.78. The molecule has 1 spiro atoms. The number of aliphatic imine (C=N–C) groups is 1. The number of allylic oxidation sites excluding steroid dienone is 1. The summed E-state index contributed by atoms with van der Waals surface area (Å²) in [6.45, 7) is 5.10. The number of para-hydroxylation sites is 1. The van der Waals surface area contributed by atoms with E-state index >= 15 is 0 Å². The lowest BCUT2D eigenvalue weighted by Gasteiger charge is -2.48. The van der Waals surface area contributed by atoms with Crippen LogP contribution in [0.1, 0.15) is 32.3 Å². The van der Waals surface area contributed by atoms with Crippen molar-refractivity contribution in [1.29, 1.82) is 0 Å². The number of ether oxygens (including phenoxy) is 3. The van der Waals surface area contributed by atoms with Crippen molar-refractivity contribution in [3.05, 3.63) is 52.7 Å². The van der Waals surface area contributed by atoms with Gasteiger partial charge in [0.05, 0.1) is 44.4 Å². The van der Waals surface area contributed by atoms with E-state index < -0.39 is 23.4 Å². The maximum Gasteiger partial charge on any atom is 0.357 e. The number of amides is 1. The van der Waals surface area contributed by atoms with Gasteiger partial charge in [0, 0.05) is 25.8 Å². The number of hydrogen-bond acceptors (Lipinski definition) is 8. The average molecular weight is 482 g/mol. The van der Waals surface area contributed by atoms with Gasteiger partial charge in [-0.2, -0.15) is 0 Å². The first-order valence-corrected chi connectivity index (χ1v) is 11.6. The van der Waals surface area contributed by atoms with Crippen LogP contribution in [0.5, 0.6) is 0 Å². The highest BCUT2D eigenvalue weighted by Crippen LogP contribution is 2.55. The van der Waals surface area contributed by atoms with Gasteiger partial charge in [-0.25, -0.2) is 14.6 Å². The van der Waals surface area contributed by atoms with Crippen molar-refractivity contribution >= 4 is 29.4 Å². The van der Waals surface area contributed by atoms with Gasteiger partial charge in [0.25, 0.3) is 0 Å². The second-order valence-corrected chi connectivity index (χ2v) is 9.04. The quantitative estimate of drug-likeness (QED) is 0.436. The molecular formula is C26H31N3O6. The zero-order valence-corrected chi connectivity index (χ0v) is 20.8. The Kier molecular flexibility index (Phi) is 6.80. The standard InChI is InChI=1S/C26H31N3O6/c1-16(2)11-13-28-18-9-7-6-8-17(18)26-12-10-19(30)29(14-15-33-3)25(26)27-21(24(32)35-5)20(22(26)28)23(31)34-4/h6-9,11,22H,10,12-15H2,1-5H3/t22-,26-/m0/s1. The highest BCUT2D eigenvalue weighted by Gasteiger charge is 2.63. The van der Waals surface area contributed by atoms with Crippen molar-refractivity contribution in [2.45, 2.75) is 38.1 Å². The molecule has 35 heavy (non-hydrogen) atoms. The average Bonchev–Trinajstić information content (AvgIpc) is 3.14. The van der Waals surface area contributed by atoms with Gasteiger partial charge in [-0.1, -0.05) is 29.8 Å². The molecule has 1 aromatic carbocycles. The molecular weight excluding hydrogens is 450 g/mol. The van der Waals surface area contributed by atoms with Gasteiger partial charge in [0.1, 0.15) is 5.84 Å². The summed E-state index contributed by atoms with van der Waals surface area (Å²) >= 11 is 0. The number of piperidine rings is 1. The Morgan fingerprint density at radius 1 is 1.14 bits per heavy atom. The fourth-order valence-electron chi connectivity index (χ4n) is 5.40. The zero-order valence-electron chi connectivity index (χ0n) is 20.8. The van der Waals surface area contributed by atoms with Crippen molar-refractivity contribution in [2.24, 2.45) is 4.99 Å². The predicted octanol–water partition coefficient (Wildman–Crippen LogP) is 2.36. The summed E-state index contributed by atoms with van der Waals surface area (Å²) in [5.74, 6) is -1.06. The number of carbonyl (C=O) groups is 3.